The van der Waals surface area contributed by atoms with Crippen LogP contribution in [0.4, 0.5) is 0 Å². The predicted octanol–water partition coefficient (Wildman–Crippen LogP) is 4.19. The Hall–Kier alpha value is -1.58. The van der Waals surface area contributed by atoms with Crippen molar-refractivity contribution in [2.75, 3.05) is 6.54 Å². The summed E-state index contributed by atoms with van der Waals surface area (Å²) in [6, 6.07) is 9.24. The first-order valence-electron chi connectivity index (χ1n) is 7.77. The Bertz CT molecular complexity index is 733. The van der Waals surface area contributed by atoms with E-state index in [1.807, 2.05) is 28.8 Å². The maximum absolute atomic E-state index is 13.0. The van der Waals surface area contributed by atoms with Crippen LogP contribution in [0.15, 0.2) is 42.7 Å². The van der Waals surface area contributed by atoms with Crippen LogP contribution in [0.2, 0.25) is 10.0 Å². The quantitative estimate of drug-likeness (QED) is 0.746. The topological polar surface area (TPSA) is 24.2 Å². The number of piperidine rings is 1. The number of hydrogen-bond donors (Lipinski definition) is 0. The van der Waals surface area contributed by atoms with Gasteiger partial charge in [0.2, 0.25) is 0 Å². The monoisotopic (exact) mass is 349 g/mol. The van der Waals surface area contributed by atoms with Gasteiger partial charge in [-0.3, -0.25) is 4.79 Å². The molecule has 5 heteroatoms. The molecular weight excluding hydrogens is 331 g/mol. The van der Waals surface area contributed by atoms with Gasteiger partial charge in [-0.2, -0.15) is 0 Å². The number of halogens is 2. The van der Waals surface area contributed by atoms with Crippen LogP contribution in [-0.4, -0.2) is 17.4 Å². The molecule has 1 amide bonds. The van der Waals surface area contributed by atoms with Crippen molar-refractivity contribution in [1.29, 1.82) is 0 Å². The molecule has 0 bridgehead atoms. The van der Waals surface area contributed by atoms with Gasteiger partial charge in [-0.15, -0.1) is 0 Å². The zero-order valence-electron chi connectivity index (χ0n) is 13.0. The number of benzene rings is 1. The molecule has 1 aromatic carbocycles. The molecule has 23 heavy (non-hydrogen) atoms. The fourth-order valence-corrected chi connectivity index (χ4v) is 3.64. The molecule has 2 aromatic rings. The molecule has 1 saturated heterocycles. The summed E-state index contributed by atoms with van der Waals surface area (Å²) >= 11 is 12.2. The van der Waals surface area contributed by atoms with Crippen molar-refractivity contribution in [3.63, 3.8) is 0 Å². The van der Waals surface area contributed by atoms with E-state index in [-0.39, 0.29) is 11.9 Å². The van der Waals surface area contributed by atoms with Crippen LogP contribution in [0.3, 0.4) is 0 Å². The lowest BCUT2D eigenvalue weighted by atomic mass is 9.95. The Morgan fingerprint density at radius 3 is 2.83 bits per heavy atom. The molecule has 0 spiro atoms. The lowest BCUT2D eigenvalue weighted by molar-refractivity contribution is -0.672. The third-order valence-corrected chi connectivity index (χ3v) is 4.82. The summed E-state index contributed by atoms with van der Waals surface area (Å²) in [5.41, 5.74) is 1.68. The van der Waals surface area contributed by atoms with Gasteiger partial charge in [0.1, 0.15) is 7.05 Å². The summed E-state index contributed by atoms with van der Waals surface area (Å²) in [6.07, 6.45) is 7.20. The van der Waals surface area contributed by atoms with Crippen LogP contribution >= 0.6 is 23.2 Å². The van der Waals surface area contributed by atoms with E-state index in [1.165, 1.54) is 0 Å². The summed E-state index contributed by atoms with van der Waals surface area (Å²) in [5, 5.41) is 0.947. The van der Waals surface area contributed by atoms with Gasteiger partial charge >= 0.3 is 0 Å². The standard InChI is InChI=1S/C18H19Cl2N2O/c1-21-9-4-5-13(12-21)17-6-2-3-10-22(17)18(23)15-8-7-14(19)11-16(15)20/h4-5,7-9,11-12,17H,2-3,6,10H2,1H3/q+1. The van der Waals surface area contributed by atoms with Gasteiger partial charge in [0.15, 0.2) is 12.4 Å². The second kappa shape index (κ2) is 6.90. The Labute approximate surface area is 146 Å². The number of nitrogens with zero attached hydrogens (tertiary/aromatic N) is 2. The van der Waals surface area contributed by atoms with Gasteiger partial charge in [-0.05, 0) is 43.5 Å². The minimum Gasteiger partial charge on any atom is -0.331 e. The van der Waals surface area contributed by atoms with Crippen molar-refractivity contribution in [3.05, 3.63) is 63.9 Å². The number of pyridine rings is 1. The summed E-state index contributed by atoms with van der Waals surface area (Å²) in [5.74, 6) is -0.0251. The van der Waals surface area contributed by atoms with Crippen LogP contribution in [-0.2, 0) is 7.05 Å². The van der Waals surface area contributed by atoms with Gasteiger partial charge in [0, 0.05) is 23.2 Å². The second-order valence-corrected chi connectivity index (χ2v) is 6.78. The zero-order chi connectivity index (χ0) is 16.4. The van der Waals surface area contributed by atoms with Crippen molar-refractivity contribution in [2.45, 2.75) is 25.3 Å². The predicted molar refractivity (Wildman–Crippen MR) is 91.7 cm³/mol. The van der Waals surface area contributed by atoms with E-state index in [1.54, 1.807) is 18.2 Å². The van der Waals surface area contributed by atoms with E-state index in [9.17, 15) is 4.79 Å². The van der Waals surface area contributed by atoms with Crippen molar-refractivity contribution >= 4 is 29.1 Å². The lowest BCUT2D eigenvalue weighted by Gasteiger charge is -2.35. The van der Waals surface area contributed by atoms with Crippen LogP contribution in [0.25, 0.3) is 0 Å². The fourth-order valence-electron chi connectivity index (χ4n) is 3.15. The highest BCUT2D eigenvalue weighted by molar-refractivity contribution is 6.36. The van der Waals surface area contributed by atoms with Gasteiger partial charge in [-0.1, -0.05) is 23.2 Å². The van der Waals surface area contributed by atoms with Gasteiger partial charge in [-0.25, -0.2) is 4.57 Å². The van der Waals surface area contributed by atoms with Crippen LogP contribution in [0, 0.1) is 0 Å². The lowest BCUT2D eigenvalue weighted by Crippen LogP contribution is -2.40. The number of likely N-dealkylation sites (tertiary alicyclic amines) is 1. The van der Waals surface area contributed by atoms with Crippen LogP contribution in [0.5, 0.6) is 0 Å². The van der Waals surface area contributed by atoms with Crippen molar-refractivity contribution in [3.8, 4) is 0 Å². The molecule has 1 aromatic heterocycles. The number of amides is 1. The summed E-state index contributed by atoms with van der Waals surface area (Å²) in [7, 11) is 1.99. The molecule has 1 atom stereocenters. The first kappa shape index (κ1) is 16.3. The third kappa shape index (κ3) is 3.51. The third-order valence-electron chi connectivity index (χ3n) is 4.27. The van der Waals surface area contributed by atoms with E-state index in [2.05, 4.69) is 12.3 Å². The van der Waals surface area contributed by atoms with Crippen molar-refractivity contribution in [1.82, 2.24) is 4.90 Å². The molecule has 3 nitrogen and oxygen atoms in total. The largest absolute Gasteiger partial charge is 0.331 e. The summed E-state index contributed by atoms with van der Waals surface area (Å²) < 4.78 is 2.02. The molecule has 0 N–H and O–H groups in total. The Morgan fingerprint density at radius 2 is 2.09 bits per heavy atom. The zero-order valence-corrected chi connectivity index (χ0v) is 14.5. The van der Waals surface area contributed by atoms with Gasteiger partial charge in [0.05, 0.1) is 16.6 Å². The van der Waals surface area contributed by atoms with E-state index < -0.39 is 0 Å². The molecule has 2 heterocycles. The number of hydrogen-bond acceptors (Lipinski definition) is 1. The van der Waals surface area contributed by atoms with Gasteiger partial charge < -0.3 is 4.90 Å². The molecule has 1 unspecified atom stereocenters. The molecule has 0 radical (unpaired) electrons. The van der Waals surface area contributed by atoms with E-state index in [0.29, 0.717) is 15.6 Å². The maximum Gasteiger partial charge on any atom is 0.255 e. The summed E-state index contributed by atoms with van der Waals surface area (Å²) in [4.78, 5) is 14.9. The minimum absolute atomic E-state index is 0.0251. The average Bonchev–Trinajstić information content (AvgIpc) is 2.54. The number of carbonyl (C=O) groups is 1. The highest BCUT2D eigenvalue weighted by Gasteiger charge is 2.30. The number of aryl methyl sites for hydroxylation is 1. The average molecular weight is 350 g/mol. The highest BCUT2D eigenvalue weighted by Crippen LogP contribution is 2.33. The van der Waals surface area contributed by atoms with E-state index in [4.69, 9.17) is 23.2 Å². The molecule has 1 aliphatic rings. The van der Waals surface area contributed by atoms with E-state index in [0.717, 1.165) is 31.4 Å². The molecule has 1 fully saturated rings. The number of aromatic nitrogens is 1. The molecular formula is C18H19Cl2N2O+. The van der Waals surface area contributed by atoms with Crippen LogP contribution in [0.1, 0.15) is 41.2 Å². The first-order valence-corrected chi connectivity index (χ1v) is 8.53. The first-order chi connectivity index (χ1) is 11.1. The molecule has 3 rings (SSSR count). The molecule has 0 saturated carbocycles. The number of rotatable bonds is 2. The smallest absolute Gasteiger partial charge is 0.255 e. The SMILES string of the molecule is C[n+]1cccc(C2CCCCN2C(=O)c2ccc(Cl)cc2Cl)c1. The van der Waals surface area contributed by atoms with E-state index >= 15 is 0 Å². The molecule has 0 aliphatic carbocycles. The molecule has 1 aliphatic heterocycles. The molecule has 120 valence electrons. The Kier molecular flexibility index (Phi) is 4.88. The highest BCUT2D eigenvalue weighted by atomic mass is 35.5. The maximum atomic E-state index is 13.0. The van der Waals surface area contributed by atoms with Gasteiger partial charge in [0.25, 0.3) is 5.91 Å². The summed E-state index contributed by atoms with van der Waals surface area (Å²) in [6.45, 7) is 0.751. The fraction of sp³-hybridized carbons (Fsp3) is 0.333. The normalized spacial score (nSPS) is 18.0. The number of carbonyl (C=O) groups excluding carboxylic acids is 1. The minimum atomic E-state index is -0.0251. The Morgan fingerprint density at radius 1 is 1.26 bits per heavy atom. The van der Waals surface area contributed by atoms with Crippen molar-refractivity contribution in [2.24, 2.45) is 7.05 Å². The van der Waals surface area contributed by atoms with Crippen molar-refractivity contribution < 1.29 is 9.36 Å². The Balaban J connectivity index is 1.93. The van der Waals surface area contributed by atoms with Crippen LogP contribution < -0.4 is 4.57 Å². The second-order valence-electron chi connectivity index (χ2n) is 5.94.